The van der Waals surface area contributed by atoms with Gasteiger partial charge in [-0.3, -0.25) is 9.59 Å². The summed E-state index contributed by atoms with van der Waals surface area (Å²) in [5.41, 5.74) is 5.56. The summed E-state index contributed by atoms with van der Waals surface area (Å²) in [6.45, 7) is 10.5. The van der Waals surface area contributed by atoms with E-state index in [2.05, 4.69) is 29.0 Å². The summed E-state index contributed by atoms with van der Waals surface area (Å²) in [7, 11) is 1.61. The molecule has 7 nitrogen and oxygen atoms in total. The van der Waals surface area contributed by atoms with Gasteiger partial charge in [0.25, 0.3) is 11.8 Å². The highest BCUT2D eigenvalue weighted by Gasteiger charge is 2.30. The van der Waals surface area contributed by atoms with E-state index in [1.807, 2.05) is 36.1 Å². The summed E-state index contributed by atoms with van der Waals surface area (Å²) in [6, 6.07) is 5.53. The predicted molar refractivity (Wildman–Crippen MR) is 122 cm³/mol. The van der Waals surface area contributed by atoms with Crippen LogP contribution in [0.1, 0.15) is 46.7 Å². The number of amides is 2. The lowest BCUT2D eigenvalue weighted by Crippen LogP contribution is -2.42. The molecule has 2 amide bonds. The number of nitrogens with zero attached hydrogens (tertiary/aromatic N) is 2. The van der Waals surface area contributed by atoms with E-state index in [9.17, 15) is 9.59 Å². The van der Waals surface area contributed by atoms with Crippen molar-refractivity contribution < 1.29 is 14.3 Å². The fourth-order valence-corrected chi connectivity index (χ4v) is 4.40. The van der Waals surface area contributed by atoms with E-state index in [0.29, 0.717) is 17.9 Å². The molecule has 2 aromatic rings. The monoisotopic (exact) mass is 422 g/mol. The van der Waals surface area contributed by atoms with Crippen molar-refractivity contribution in [3.05, 3.63) is 46.3 Å². The second kappa shape index (κ2) is 8.59. The molecule has 0 fully saturated rings. The summed E-state index contributed by atoms with van der Waals surface area (Å²) in [5, 5.41) is 2.90. The Hall–Kier alpha value is -3.06. The number of H-pyrrole nitrogens is 1. The summed E-state index contributed by atoms with van der Waals surface area (Å²) >= 11 is 0. The average molecular weight is 423 g/mol. The molecule has 2 aliphatic heterocycles. The molecule has 0 bridgehead atoms. The molecular formula is C24H30N4O3. The van der Waals surface area contributed by atoms with Crippen LogP contribution in [-0.4, -0.2) is 66.4 Å². The minimum absolute atomic E-state index is 0.0738. The molecule has 0 spiro atoms. The summed E-state index contributed by atoms with van der Waals surface area (Å²) in [6.07, 6.45) is 2.64. The molecule has 164 valence electrons. The molecular weight excluding hydrogens is 392 g/mol. The number of aromatic nitrogens is 1. The first-order valence-corrected chi connectivity index (χ1v) is 10.9. The lowest BCUT2D eigenvalue weighted by molar-refractivity contribution is -0.110. The van der Waals surface area contributed by atoms with Gasteiger partial charge in [-0.15, -0.1) is 0 Å². The number of rotatable bonds is 7. The Morgan fingerprint density at radius 2 is 2.00 bits per heavy atom. The van der Waals surface area contributed by atoms with Gasteiger partial charge in [0.2, 0.25) is 0 Å². The zero-order valence-electron chi connectivity index (χ0n) is 18.7. The van der Waals surface area contributed by atoms with Crippen molar-refractivity contribution in [1.29, 1.82) is 0 Å². The maximum atomic E-state index is 13.2. The number of nitrogens with one attached hydrogen (secondary N) is 2. The second-order valence-corrected chi connectivity index (χ2v) is 8.01. The van der Waals surface area contributed by atoms with Gasteiger partial charge in [0.05, 0.1) is 18.2 Å². The molecule has 0 radical (unpaired) electrons. The Kier molecular flexibility index (Phi) is 5.87. The van der Waals surface area contributed by atoms with E-state index in [0.717, 1.165) is 66.4 Å². The van der Waals surface area contributed by atoms with Crippen LogP contribution in [0.3, 0.4) is 0 Å². The smallest absolute Gasteiger partial charge is 0.256 e. The highest BCUT2D eigenvalue weighted by Crippen LogP contribution is 2.36. The number of carbonyl (C=O) groups is 2. The van der Waals surface area contributed by atoms with Crippen LogP contribution in [0.15, 0.2) is 18.2 Å². The molecule has 0 unspecified atom stereocenters. The van der Waals surface area contributed by atoms with E-state index in [1.54, 1.807) is 7.11 Å². The average Bonchev–Trinajstić information content (AvgIpc) is 3.26. The van der Waals surface area contributed by atoms with Crippen molar-refractivity contribution >= 4 is 29.2 Å². The Labute approximate surface area is 183 Å². The van der Waals surface area contributed by atoms with Gasteiger partial charge in [-0.1, -0.05) is 13.8 Å². The van der Waals surface area contributed by atoms with Crippen LogP contribution in [0.5, 0.6) is 5.75 Å². The first kappa shape index (κ1) is 21.2. The minimum atomic E-state index is -0.151. The molecule has 7 heteroatoms. The number of methoxy groups -OCH3 is 1. The summed E-state index contributed by atoms with van der Waals surface area (Å²) in [4.78, 5) is 33.5. The van der Waals surface area contributed by atoms with E-state index in [-0.39, 0.29) is 11.8 Å². The number of likely N-dealkylation sites (N-methyl/N-ethyl adjacent to an activating group) is 1. The number of ether oxygens (including phenoxy) is 1. The standard InChI is InChI=1S/C24H30N4O3/c1-5-27(6-2)11-12-28-10-9-20-22(24(28)30)15(3)21(25-20)14-18-17-13-16(31-4)7-8-19(17)26-23(18)29/h7-8,13-14,25H,5-6,9-12H2,1-4H3,(H,26,29). The zero-order chi connectivity index (χ0) is 22.1. The first-order valence-electron chi connectivity index (χ1n) is 10.9. The van der Waals surface area contributed by atoms with Crippen LogP contribution >= 0.6 is 0 Å². The first-order chi connectivity index (χ1) is 15.0. The minimum Gasteiger partial charge on any atom is -0.497 e. The van der Waals surface area contributed by atoms with Crippen LogP contribution < -0.4 is 10.1 Å². The fraction of sp³-hybridized carbons (Fsp3) is 0.417. The molecule has 2 aliphatic rings. The van der Waals surface area contributed by atoms with Crippen molar-refractivity contribution in [1.82, 2.24) is 14.8 Å². The number of hydrogen-bond donors (Lipinski definition) is 2. The molecule has 3 heterocycles. The van der Waals surface area contributed by atoms with Gasteiger partial charge >= 0.3 is 0 Å². The maximum Gasteiger partial charge on any atom is 0.256 e. The van der Waals surface area contributed by atoms with Gasteiger partial charge in [0, 0.05) is 48.7 Å². The Balaban J connectivity index is 1.62. The highest BCUT2D eigenvalue weighted by molar-refractivity contribution is 6.35. The lowest BCUT2D eigenvalue weighted by Gasteiger charge is -2.29. The maximum absolute atomic E-state index is 13.2. The number of anilines is 1. The third kappa shape index (κ3) is 3.85. The zero-order valence-corrected chi connectivity index (χ0v) is 18.7. The van der Waals surface area contributed by atoms with Crippen LogP contribution in [0, 0.1) is 6.92 Å². The van der Waals surface area contributed by atoms with Crippen molar-refractivity contribution in [3.63, 3.8) is 0 Å². The summed E-state index contributed by atoms with van der Waals surface area (Å²) < 4.78 is 5.32. The number of aromatic amines is 1. The molecule has 31 heavy (non-hydrogen) atoms. The molecule has 0 saturated heterocycles. The van der Waals surface area contributed by atoms with Crippen LogP contribution in [-0.2, 0) is 11.2 Å². The third-order valence-electron chi connectivity index (χ3n) is 6.38. The fourth-order valence-electron chi connectivity index (χ4n) is 4.40. The van der Waals surface area contributed by atoms with Gasteiger partial charge in [0.15, 0.2) is 0 Å². The van der Waals surface area contributed by atoms with Crippen LogP contribution in [0.4, 0.5) is 5.69 Å². The quantitative estimate of drug-likeness (QED) is 0.672. The van der Waals surface area contributed by atoms with E-state index >= 15 is 0 Å². The second-order valence-electron chi connectivity index (χ2n) is 8.01. The van der Waals surface area contributed by atoms with Crippen molar-refractivity contribution in [2.75, 3.05) is 45.2 Å². The lowest BCUT2D eigenvalue weighted by atomic mass is 10.0. The van der Waals surface area contributed by atoms with Gasteiger partial charge in [-0.05, 0) is 49.9 Å². The highest BCUT2D eigenvalue weighted by atomic mass is 16.5. The number of fused-ring (bicyclic) bond motifs is 2. The van der Waals surface area contributed by atoms with E-state index in [4.69, 9.17) is 4.74 Å². The molecule has 4 rings (SSSR count). The largest absolute Gasteiger partial charge is 0.497 e. The van der Waals surface area contributed by atoms with Crippen molar-refractivity contribution in [3.8, 4) is 5.75 Å². The van der Waals surface area contributed by atoms with Crippen molar-refractivity contribution in [2.24, 2.45) is 0 Å². The molecule has 0 aliphatic carbocycles. The topological polar surface area (TPSA) is 77.7 Å². The number of benzene rings is 1. The van der Waals surface area contributed by atoms with E-state index < -0.39 is 0 Å². The molecule has 1 aromatic heterocycles. The molecule has 0 saturated carbocycles. The molecule has 0 atom stereocenters. The van der Waals surface area contributed by atoms with Crippen LogP contribution in [0.2, 0.25) is 0 Å². The van der Waals surface area contributed by atoms with Crippen LogP contribution in [0.25, 0.3) is 11.6 Å². The predicted octanol–water partition coefficient (Wildman–Crippen LogP) is 3.16. The number of carbonyl (C=O) groups excluding carboxylic acids is 2. The Morgan fingerprint density at radius 3 is 2.71 bits per heavy atom. The third-order valence-corrected chi connectivity index (χ3v) is 6.38. The Bertz CT molecular complexity index is 1050. The molecule has 2 N–H and O–H groups in total. The van der Waals surface area contributed by atoms with E-state index in [1.165, 1.54) is 0 Å². The Morgan fingerprint density at radius 1 is 1.23 bits per heavy atom. The van der Waals surface area contributed by atoms with Crippen molar-refractivity contribution in [2.45, 2.75) is 27.2 Å². The molecule has 1 aromatic carbocycles. The van der Waals surface area contributed by atoms with Gasteiger partial charge in [-0.25, -0.2) is 0 Å². The number of hydrogen-bond acceptors (Lipinski definition) is 4. The SMILES string of the molecule is CCN(CC)CCN1CCc2[nH]c(C=C3C(=O)Nc4ccc(OC)cc43)c(C)c2C1=O. The van der Waals surface area contributed by atoms with Gasteiger partial charge in [0.1, 0.15) is 5.75 Å². The van der Waals surface area contributed by atoms with Gasteiger partial charge < -0.3 is 24.8 Å². The van der Waals surface area contributed by atoms with Gasteiger partial charge in [-0.2, -0.15) is 0 Å². The normalized spacial score (nSPS) is 16.7. The summed E-state index contributed by atoms with van der Waals surface area (Å²) in [5.74, 6) is 0.620.